The molecule has 0 saturated carbocycles. The third-order valence-electron chi connectivity index (χ3n) is 1.84. The minimum Gasteiger partial charge on any atom is -0.484 e. The van der Waals surface area contributed by atoms with Crippen molar-refractivity contribution in [1.29, 1.82) is 0 Å². The van der Waals surface area contributed by atoms with E-state index in [9.17, 15) is 4.79 Å². The summed E-state index contributed by atoms with van der Waals surface area (Å²) in [6.45, 7) is 0.977. The smallest absolute Gasteiger partial charge is 0.328 e. The number of aromatic nitrogens is 1. The van der Waals surface area contributed by atoms with Crippen LogP contribution < -0.4 is 9.47 Å². The Morgan fingerprint density at radius 1 is 1.47 bits per heavy atom. The fourth-order valence-corrected chi connectivity index (χ4v) is 1.21. The van der Waals surface area contributed by atoms with Crippen molar-refractivity contribution in [2.45, 2.75) is 0 Å². The number of carboxylic acid groups (broad SMARTS) is 1. The van der Waals surface area contributed by atoms with Gasteiger partial charge in [-0.1, -0.05) is 0 Å². The lowest BCUT2D eigenvalue weighted by atomic mass is 10.2. The number of hydrogen-bond donors (Lipinski definition) is 1. The summed E-state index contributed by atoms with van der Waals surface area (Å²) in [5.41, 5.74) is 0.668. The fourth-order valence-electron chi connectivity index (χ4n) is 1.21. The molecule has 0 radical (unpaired) electrons. The summed E-state index contributed by atoms with van der Waals surface area (Å²) in [6.07, 6.45) is 4.04. The van der Waals surface area contributed by atoms with E-state index in [1.807, 2.05) is 0 Å². The molecule has 0 bridgehead atoms. The van der Waals surface area contributed by atoms with Crippen LogP contribution in [0.25, 0.3) is 6.08 Å². The van der Waals surface area contributed by atoms with E-state index in [1.54, 1.807) is 6.07 Å². The van der Waals surface area contributed by atoms with Gasteiger partial charge in [0.1, 0.15) is 13.2 Å². The van der Waals surface area contributed by atoms with E-state index in [-0.39, 0.29) is 0 Å². The molecule has 1 aliphatic heterocycles. The number of nitrogens with zero attached hydrogens (tertiary/aromatic N) is 1. The van der Waals surface area contributed by atoms with E-state index in [0.717, 1.165) is 6.08 Å². The van der Waals surface area contributed by atoms with Crippen molar-refractivity contribution < 1.29 is 19.4 Å². The molecule has 2 rings (SSSR count). The van der Waals surface area contributed by atoms with Gasteiger partial charge >= 0.3 is 5.97 Å². The highest BCUT2D eigenvalue weighted by Gasteiger charge is 2.12. The molecular formula is C10H9NO4. The molecule has 78 valence electrons. The second kappa shape index (κ2) is 4.00. The van der Waals surface area contributed by atoms with Crippen molar-refractivity contribution in [2.75, 3.05) is 13.2 Å². The molecular weight excluding hydrogens is 198 g/mol. The van der Waals surface area contributed by atoms with Crippen molar-refractivity contribution in [2.24, 2.45) is 0 Å². The molecule has 1 aromatic rings. The molecule has 0 unspecified atom stereocenters. The summed E-state index contributed by atoms with van der Waals surface area (Å²) in [4.78, 5) is 14.3. The van der Waals surface area contributed by atoms with Crippen LogP contribution in [0.15, 0.2) is 18.3 Å². The van der Waals surface area contributed by atoms with Crippen LogP contribution in [-0.4, -0.2) is 29.3 Å². The lowest BCUT2D eigenvalue weighted by Gasteiger charge is -2.16. The summed E-state index contributed by atoms with van der Waals surface area (Å²) < 4.78 is 10.5. The Bertz CT molecular complexity index is 414. The number of ether oxygens (including phenoxy) is 2. The molecule has 1 N–H and O–H groups in total. The number of hydrogen-bond acceptors (Lipinski definition) is 4. The molecule has 0 spiro atoms. The maximum atomic E-state index is 10.3. The molecule has 5 heteroatoms. The molecule has 0 aromatic carbocycles. The molecule has 5 nitrogen and oxygen atoms in total. The van der Waals surface area contributed by atoms with Gasteiger partial charge in [-0.25, -0.2) is 9.78 Å². The van der Waals surface area contributed by atoms with E-state index >= 15 is 0 Å². The zero-order valence-corrected chi connectivity index (χ0v) is 7.84. The van der Waals surface area contributed by atoms with Gasteiger partial charge in [0.15, 0.2) is 5.75 Å². The Kier molecular flexibility index (Phi) is 2.53. The lowest BCUT2D eigenvalue weighted by Crippen LogP contribution is -2.16. The van der Waals surface area contributed by atoms with Crippen molar-refractivity contribution in [3.63, 3.8) is 0 Å². The van der Waals surface area contributed by atoms with E-state index < -0.39 is 5.97 Å². The Balaban J connectivity index is 2.24. The van der Waals surface area contributed by atoms with Crippen LogP contribution in [0.1, 0.15) is 5.56 Å². The molecule has 0 amide bonds. The Hall–Kier alpha value is -2.04. The Morgan fingerprint density at radius 3 is 3.07 bits per heavy atom. The van der Waals surface area contributed by atoms with Gasteiger partial charge in [-0.2, -0.15) is 0 Å². The highest BCUT2D eigenvalue weighted by Crippen LogP contribution is 2.28. The molecule has 0 fully saturated rings. The van der Waals surface area contributed by atoms with Gasteiger partial charge in [-0.3, -0.25) is 0 Å². The van der Waals surface area contributed by atoms with Crippen LogP contribution in [0.2, 0.25) is 0 Å². The topological polar surface area (TPSA) is 68.7 Å². The monoisotopic (exact) mass is 207 g/mol. The largest absolute Gasteiger partial charge is 0.484 e. The maximum absolute atomic E-state index is 10.3. The minimum absolute atomic E-state index is 0.453. The Morgan fingerprint density at radius 2 is 2.27 bits per heavy atom. The summed E-state index contributed by atoms with van der Waals surface area (Å²) in [6, 6.07) is 1.70. The summed E-state index contributed by atoms with van der Waals surface area (Å²) >= 11 is 0. The second-order valence-corrected chi connectivity index (χ2v) is 2.94. The van der Waals surface area contributed by atoms with Crippen LogP contribution >= 0.6 is 0 Å². The van der Waals surface area contributed by atoms with Gasteiger partial charge in [0.2, 0.25) is 0 Å². The van der Waals surface area contributed by atoms with Crippen LogP contribution in [0.4, 0.5) is 0 Å². The zero-order valence-electron chi connectivity index (χ0n) is 7.84. The average Bonchev–Trinajstić information content (AvgIpc) is 2.26. The van der Waals surface area contributed by atoms with Crippen LogP contribution in [0, 0.1) is 0 Å². The average molecular weight is 207 g/mol. The van der Waals surface area contributed by atoms with E-state index in [4.69, 9.17) is 14.6 Å². The van der Waals surface area contributed by atoms with E-state index in [0.29, 0.717) is 30.4 Å². The third kappa shape index (κ3) is 2.25. The summed E-state index contributed by atoms with van der Waals surface area (Å²) in [5.74, 6) is 0.00685. The van der Waals surface area contributed by atoms with Crippen molar-refractivity contribution in [3.05, 3.63) is 23.9 Å². The number of fused-ring (bicyclic) bond motifs is 1. The quantitative estimate of drug-likeness (QED) is 0.731. The molecule has 0 saturated heterocycles. The number of pyridine rings is 1. The van der Waals surface area contributed by atoms with Gasteiger partial charge in [0.05, 0.1) is 0 Å². The number of rotatable bonds is 2. The predicted molar refractivity (Wildman–Crippen MR) is 51.9 cm³/mol. The maximum Gasteiger partial charge on any atom is 0.328 e. The minimum atomic E-state index is -0.995. The van der Waals surface area contributed by atoms with Crippen molar-refractivity contribution in [1.82, 2.24) is 4.98 Å². The molecule has 1 aliphatic rings. The summed E-state index contributed by atoms with van der Waals surface area (Å²) in [5, 5.41) is 8.45. The standard InChI is InChI=1S/C10H9NO4/c12-9(13)2-1-7-5-8-10(11-6-7)15-4-3-14-8/h1-2,5-6H,3-4H2,(H,12,13). The van der Waals surface area contributed by atoms with Crippen LogP contribution in [-0.2, 0) is 4.79 Å². The molecule has 0 atom stereocenters. The SMILES string of the molecule is O=C(O)C=Cc1cnc2c(c1)OCCO2. The van der Waals surface area contributed by atoms with Crippen molar-refractivity contribution >= 4 is 12.0 Å². The predicted octanol–water partition coefficient (Wildman–Crippen LogP) is 0.951. The van der Waals surface area contributed by atoms with Gasteiger partial charge in [0.25, 0.3) is 5.88 Å². The van der Waals surface area contributed by atoms with E-state index in [2.05, 4.69) is 4.98 Å². The van der Waals surface area contributed by atoms with Crippen LogP contribution in [0.3, 0.4) is 0 Å². The van der Waals surface area contributed by atoms with Crippen molar-refractivity contribution in [3.8, 4) is 11.6 Å². The third-order valence-corrected chi connectivity index (χ3v) is 1.84. The molecule has 2 heterocycles. The first-order chi connectivity index (χ1) is 7.25. The summed E-state index contributed by atoms with van der Waals surface area (Å²) in [7, 11) is 0. The highest BCUT2D eigenvalue weighted by atomic mass is 16.6. The normalized spacial score (nSPS) is 14.1. The first-order valence-electron chi connectivity index (χ1n) is 4.42. The molecule has 15 heavy (non-hydrogen) atoms. The number of carboxylic acids is 1. The number of aliphatic carboxylic acids is 1. The zero-order chi connectivity index (χ0) is 10.7. The van der Waals surface area contributed by atoms with Gasteiger partial charge in [0, 0.05) is 12.3 Å². The molecule has 1 aromatic heterocycles. The van der Waals surface area contributed by atoms with Gasteiger partial charge in [-0.05, 0) is 17.7 Å². The van der Waals surface area contributed by atoms with E-state index in [1.165, 1.54) is 12.3 Å². The number of carbonyl (C=O) groups is 1. The highest BCUT2D eigenvalue weighted by molar-refractivity contribution is 5.85. The Labute approximate surface area is 86.0 Å². The lowest BCUT2D eigenvalue weighted by molar-refractivity contribution is -0.131. The first kappa shape index (κ1) is 9.51. The second-order valence-electron chi connectivity index (χ2n) is 2.94. The first-order valence-corrected chi connectivity index (χ1v) is 4.42. The van der Waals surface area contributed by atoms with Crippen LogP contribution in [0.5, 0.6) is 11.6 Å². The van der Waals surface area contributed by atoms with Gasteiger partial charge in [-0.15, -0.1) is 0 Å². The fraction of sp³-hybridized carbons (Fsp3) is 0.200. The van der Waals surface area contributed by atoms with Gasteiger partial charge < -0.3 is 14.6 Å². The molecule has 0 aliphatic carbocycles.